The average molecular weight is 418 g/mol. The van der Waals surface area contributed by atoms with Crippen LogP contribution in [0.1, 0.15) is 15.2 Å². The molecule has 0 saturated heterocycles. The number of benzene rings is 1. The first kappa shape index (κ1) is 18.4. The first-order chi connectivity index (χ1) is 14.7. The van der Waals surface area contributed by atoms with Crippen molar-refractivity contribution in [2.75, 3.05) is 18.6 Å². The van der Waals surface area contributed by atoms with Gasteiger partial charge in [-0.05, 0) is 54.3 Å². The van der Waals surface area contributed by atoms with Crippen molar-refractivity contribution < 1.29 is 9.53 Å². The highest BCUT2D eigenvalue weighted by Gasteiger charge is 2.29. The molecule has 4 heterocycles. The van der Waals surface area contributed by atoms with E-state index >= 15 is 0 Å². The Labute approximate surface area is 176 Å². The van der Waals surface area contributed by atoms with E-state index in [9.17, 15) is 9.59 Å². The number of hydrogen-bond acceptors (Lipinski definition) is 5. The lowest BCUT2D eigenvalue weighted by molar-refractivity contribution is 0.0990. The number of anilines is 1. The quantitative estimate of drug-likeness (QED) is 0.552. The summed E-state index contributed by atoms with van der Waals surface area (Å²) in [7, 11) is 1.60. The first-order valence-corrected chi connectivity index (χ1v) is 10.3. The fourth-order valence-corrected chi connectivity index (χ4v) is 4.38. The van der Waals surface area contributed by atoms with Gasteiger partial charge < -0.3 is 4.74 Å². The molecule has 1 aromatic carbocycles. The second-order valence-corrected chi connectivity index (χ2v) is 7.81. The molecule has 1 aliphatic heterocycles. The molecule has 1 N–H and O–H groups in total. The van der Waals surface area contributed by atoms with E-state index in [-0.39, 0.29) is 11.5 Å². The topological polar surface area (TPSA) is 80.2 Å². The van der Waals surface area contributed by atoms with Gasteiger partial charge in [0.05, 0.1) is 23.4 Å². The van der Waals surface area contributed by atoms with Crippen LogP contribution in [0.3, 0.4) is 0 Å². The van der Waals surface area contributed by atoms with Crippen LogP contribution < -0.4 is 15.2 Å². The Morgan fingerprint density at radius 3 is 2.73 bits per heavy atom. The third kappa shape index (κ3) is 2.93. The van der Waals surface area contributed by atoms with E-state index in [0.717, 1.165) is 11.3 Å². The van der Waals surface area contributed by atoms with Gasteiger partial charge in [0.15, 0.2) is 0 Å². The molecule has 8 heteroatoms. The van der Waals surface area contributed by atoms with E-state index in [2.05, 4.69) is 10.1 Å². The van der Waals surface area contributed by atoms with Crippen molar-refractivity contribution in [3.63, 3.8) is 0 Å². The highest BCUT2D eigenvalue weighted by molar-refractivity contribution is 7.12. The Morgan fingerprint density at radius 1 is 1.17 bits per heavy atom. The molecule has 3 aromatic heterocycles. The Hall–Kier alpha value is -3.65. The summed E-state index contributed by atoms with van der Waals surface area (Å²) in [5, 5.41) is 5.11. The number of thiophene rings is 1. The molecule has 1 aliphatic rings. The van der Waals surface area contributed by atoms with Crippen LogP contribution in [0, 0.1) is 0 Å². The van der Waals surface area contributed by atoms with Gasteiger partial charge >= 0.3 is 0 Å². The molecule has 0 bridgehead atoms. The minimum atomic E-state index is -0.129. The highest BCUT2D eigenvalue weighted by Crippen LogP contribution is 2.34. The minimum Gasteiger partial charge on any atom is -0.497 e. The Morgan fingerprint density at radius 2 is 2.00 bits per heavy atom. The highest BCUT2D eigenvalue weighted by atomic mass is 32.1. The first-order valence-electron chi connectivity index (χ1n) is 9.46. The molecule has 0 atom stereocenters. The molecule has 0 fully saturated rings. The summed E-state index contributed by atoms with van der Waals surface area (Å²) >= 11 is 1.40. The van der Waals surface area contributed by atoms with Crippen LogP contribution in [0.2, 0.25) is 0 Å². The van der Waals surface area contributed by atoms with Crippen LogP contribution >= 0.6 is 11.3 Å². The molecule has 7 nitrogen and oxygen atoms in total. The molecule has 30 heavy (non-hydrogen) atoms. The third-order valence-corrected chi connectivity index (χ3v) is 6.05. The van der Waals surface area contributed by atoms with Crippen molar-refractivity contribution in [3.05, 3.63) is 80.9 Å². The zero-order valence-corrected chi connectivity index (χ0v) is 17.0. The number of amides is 1. The normalized spacial score (nSPS) is 12.8. The van der Waals surface area contributed by atoms with Gasteiger partial charge in [-0.1, -0.05) is 6.07 Å². The largest absolute Gasteiger partial charge is 0.497 e. The molecule has 0 spiro atoms. The molecule has 1 amide bonds. The van der Waals surface area contributed by atoms with Crippen LogP contribution in [-0.4, -0.2) is 34.3 Å². The van der Waals surface area contributed by atoms with Gasteiger partial charge in [-0.3, -0.25) is 19.6 Å². The van der Waals surface area contributed by atoms with Crippen molar-refractivity contribution >= 4 is 23.1 Å². The van der Waals surface area contributed by atoms with Crippen molar-refractivity contribution in [2.45, 2.75) is 6.42 Å². The second-order valence-electron chi connectivity index (χ2n) is 6.86. The molecule has 150 valence electrons. The van der Waals surface area contributed by atoms with E-state index in [1.54, 1.807) is 24.3 Å². The molecule has 5 rings (SSSR count). The van der Waals surface area contributed by atoms with Gasteiger partial charge in [-0.25, -0.2) is 9.67 Å². The number of fused-ring (bicyclic) bond motifs is 3. The molecule has 0 unspecified atom stereocenters. The van der Waals surface area contributed by atoms with Crippen LogP contribution in [0.4, 0.5) is 5.82 Å². The number of H-pyrrole nitrogens is 1. The molecule has 4 aromatic rings. The van der Waals surface area contributed by atoms with E-state index in [1.807, 2.05) is 47.8 Å². The predicted octanol–water partition coefficient (Wildman–Crippen LogP) is 3.50. The maximum Gasteiger partial charge on any atom is 0.275 e. The van der Waals surface area contributed by atoms with Crippen LogP contribution in [-0.2, 0) is 6.42 Å². The van der Waals surface area contributed by atoms with Crippen LogP contribution in [0.5, 0.6) is 5.75 Å². The number of aromatic amines is 1. The van der Waals surface area contributed by atoms with Gasteiger partial charge in [0.2, 0.25) is 0 Å². The Kier molecular flexibility index (Phi) is 4.48. The van der Waals surface area contributed by atoms with Crippen molar-refractivity contribution in [2.24, 2.45) is 0 Å². The van der Waals surface area contributed by atoms with Crippen molar-refractivity contribution in [1.82, 2.24) is 14.8 Å². The van der Waals surface area contributed by atoms with E-state index < -0.39 is 0 Å². The van der Waals surface area contributed by atoms with E-state index in [0.29, 0.717) is 40.6 Å². The minimum absolute atomic E-state index is 0.106. The van der Waals surface area contributed by atoms with Crippen LogP contribution in [0.25, 0.3) is 16.9 Å². The fraction of sp³-hybridized carbons (Fsp3) is 0.136. The van der Waals surface area contributed by atoms with Gasteiger partial charge in [-0.2, -0.15) is 0 Å². The predicted molar refractivity (Wildman–Crippen MR) is 116 cm³/mol. The van der Waals surface area contributed by atoms with E-state index in [4.69, 9.17) is 4.74 Å². The summed E-state index contributed by atoms with van der Waals surface area (Å²) in [6.45, 7) is 0.378. The maximum atomic E-state index is 13.2. The molecule has 0 aliphatic carbocycles. The average Bonchev–Trinajstić information content (AvgIpc) is 3.39. The number of carbonyl (C=O) groups is 1. The number of ether oxygens (including phenoxy) is 1. The number of aromatic nitrogens is 3. The SMILES string of the molecule is COc1ccc(-n2[nH]c3c(c2=O)CCN(C(=O)c2cccs2)c2ncccc2-3)cc1. The van der Waals surface area contributed by atoms with Gasteiger partial charge in [-0.15, -0.1) is 11.3 Å². The lowest BCUT2D eigenvalue weighted by atomic mass is 10.1. The number of nitrogens with one attached hydrogen (secondary N) is 1. The number of hydrogen-bond donors (Lipinski definition) is 1. The Balaban J connectivity index is 1.62. The standard InChI is InChI=1S/C22H18N4O3S/c1-29-15-8-6-14(7-9-15)26-21(27)17-10-12-25(22(28)18-5-3-13-30-18)20-16(19(17)24-26)4-2-11-23-20/h2-9,11,13,24H,10,12H2,1H3. The van der Waals surface area contributed by atoms with Gasteiger partial charge in [0.25, 0.3) is 11.5 Å². The lowest BCUT2D eigenvalue weighted by Crippen LogP contribution is -2.33. The lowest BCUT2D eigenvalue weighted by Gasteiger charge is -2.21. The van der Waals surface area contributed by atoms with Gasteiger partial charge in [0, 0.05) is 23.9 Å². The zero-order valence-electron chi connectivity index (χ0n) is 16.2. The fourth-order valence-electron chi connectivity index (χ4n) is 3.71. The summed E-state index contributed by atoms with van der Waals surface area (Å²) < 4.78 is 6.73. The summed E-state index contributed by atoms with van der Waals surface area (Å²) in [6.07, 6.45) is 2.10. The van der Waals surface area contributed by atoms with Crippen molar-refractivity contribution in [3.8, 4) is 22.7 Å². The van der Waals surface area contributed by atoms with Crippen molar-refractivity contribution in [1.29, 1.82) is 0 Å². The summed E-state index contributed by atoms with van der Waals surface area (Å²) in [5.41, 5.74) is 2.66. The summed E-state index contributed by atoms with van der Waals surface area (Å²) in [4.78, 5) is 33.1. The molecular weight excluding hydrogens is 400 g/mol. The number of nitrogens with zero attached hydrogens (tertiary/aromatic N) is 3. The van der Waals surface area contributed by atoms with E-state index in [1.165, 1.54) is 16.0 Å². The monoisotopic (exact) mass is 418 g/mol. The number of carbonyl (C=O) groups excluding carboxylic acids is 1. The zero-order chi connectivity index (χ0) is 20.7. The van der Waals surface area contributed by atoms with Gasteiger partial charge in [0.1, 0.15) is 11.6 Å². The smallest absolute Gasteiger partial charge is 0.275 e. The number of pyridine rings is 1. The van der Waals surface area contributed by atoms with Crippen LogP contribution in [0.15, 0.2) is 64.9 Å². The molecule has 0 radical (unpaired) electrons. The summed E-state index contributed by atoms with van der Waals surface area (Å²) in [5.74, 6) is 1.17. The Bertz CT molecular complexity index is 1270. The molecule has 0 saturated carbocycles. The molecular formula is C22H18N4O3S. The second kappa shape index (κ2) is 7.31. The third-order valence-electron chi connectivity index (χ3n) is 5.19. The maximum absolute atomic E-state index is 13.2. The summed E-state index contributed by atoms with van der Waals surface area (Å²) in [6, 6.07) is 14.6. The number of rotatable bonds is 3. The number of methoxy groups -OCH3 is 1.